The van der Waals surface area contributed by atoms with Crippen LogP contribution < -0.4 is 9.47 Å². The van der Waals surface area contributed by atoms with Gasteiger partial charge in [0.05, 0.1) is 23.1 Å². The molecule has 2 unspecified atom stereocenters. The second-order valence-corrected chi connectivity index (χ2v) is 19.1. The van der Waals surface area contributed by atoms with E-state index in [-0.39, 0.29) is 0 Å². The highest BCUT2D eigenvalue weighted by atomic mass is 35.5. The number of hydrogen-bond donors (Lipinski definition) is 0. The van der Waals surface area contributed by atoms with E-state index in [1.807, 2.05) is 35.7 Å². The molecule has 0 N–H and O–H groups in total. The Morgan fingerprint density at radius 3 is 1.51 bits per heavy atom. The van der Waals surface area contributed by atoms with E-state index in [1.54, 1.807) is 0 Å². The molecule has 0 spiro atoms. The molecule has 10 rings (SSSR count). The molecule has 0 aliphatic carbocycles. The Morgan fingerprint density at radius 1 is 0.618 bits per heavy atom. The second-order valence-electron chi connectivity index (χ2n) is 14.8. The molecule has 0 radical (unpaired) electrons. The molecule has 0 saturated carbocycles. The zero-order valence-electron chi connectivity index (χ0n) is 31.3. The van der Waals surface area contributed by atoms with Gasteiger partial charge < -0.3 is 23.5 Å². The van der Waals surface area contributed by atoms with Crippen LogP contribution in [0, 0.1) is 13.8 Å². The minimum absolute atomic E-state index is 0.337. The van der Waals surface area contributed by atoms with Crippen LogP contribution in [0.5, 0.6) is 11.5 Å². The van der Waals surface area contributed by atoms with Crippen molar-refractivity contribution in [2.24, 2.45) is 0 Å². The first-order valence-electron chi connectivity index (χ1n) is 19.3. The first kappa shape index (κ1) is 37.7. The molecule has 0 bridgehead atoms. The van der Waals surface area contributed by atoms with Gasteiger partial charge in [0.25, 0.3) is 0 Å². The van der Waals surface area contributed by atoms with E-state index < -0.39 is 0 Å². The zero-order valence-corrected chi connectivity index (χ0v) is 35.3. The van der Waals surface area contributed by atoms with Crippen LogP contribution in [-0.4, -0.2) is 82.9 Å². The van der Waals surface area contributed by atoms with Crippen molar-refractivity contribution in [1.82, 2.24) is 18.9 Å². The Labute approximate surface area is 346 Å². The average Bonchev–Trinajstić information content (AvgIpc) is 3.89. The molecule has 2 fully saturated rings. The molecule has 6 nitrogen and oxygen atoms in total. The Morgan fingerprint density at radius 2 is 1.05 bits per heavy atom. The molecule has 6 heterocycles. The molecule has 4 aromatic carbocycles. The van der Waals surface area contributed by atoms with Gasteiger partial charge in [-0.15, -0.1) is 0 Å². The van der Waals surface area contributed by atoms with Gasteiger partial charge in [-0.05, 0) is 76.2 Å². The van der Waals surface area contributed by atoms with E-state index in [0.29, 0.717) is 25.3 Å². The molecule has 6 aromatic rings. The Balaban J connectivity index is 0.000000144. The van der Waals surface area contributed by atoms with Crippen molar-refractivity contribution >= 4 is 80.3 Å². The van der Waals surface area contributed by atoms with Crippen molar-refractivity contribution in [2.75, 3.05) is 64.0 Å². The highest BCUT2D eigenvalue weighted by Crippen LogP contribution is 2.48. The van der Waals surface area contributed by atoms with Crippen molar-refractivity contribution in [3.8, 4) is 11.5 Å². The molecule has 0 amide bonds. The van der Waals surface area contributed by atoms with Crippen molar-refractivity contribution < 1.29 is 9.47 Å². The molecule has 4 aliphatic rings. The fourth-order valence-electron chi connectivity index (χ4n) is 8.67. The van der Waals surface area contributed by atoms with Crippen LogP contribution >= 0.6 is 58.5 Å². The maximum absolute atomic E-state index is 6.45. The van der Waals surface area contributed by atoms with Gasteiger partial charge in [-0.2, -0.15) is 11.8 Å². The number of benzene rings is 4. The van der Waals surface area contributed by atoms with Crippen molar-refractivity contribution in [2.45, 2.75) is 58.4 Å². The molecule has 55 heavy (non-hydrogen) atoms. The number of thioether (sulfide) groups is 1. The van der Waals surface area contributed by atoms with E-state index in [0.717, 1.165) is 34.6 Å². The van der Waals surface area contributed by atoms with Gasteiger partial charge in [-0.3, -0.25) is 4.90 Å². The highest BCUT2D eigenvalue weighted by molar-refractivity contribution is 8.00. The van der Waals surface area contributed by atoms with Crippen molar-refractivity contribution in [3.63, 3.8) is 0 Å². The summed E-state index contributed by atoms with van der Waals surface area (Å²) in [6.07, 6.45) is 2.63. The smallest absolute Gasteiger partial charge is 0.145 e. The molecule has 2 saturated heterocycles. The lowest BCUT2D eigenvalue weighted by molar-refractivity contribution is 0.177. The molecule has 2 atom stereocenters. The first-order valence-corrected chi connectivity index (χ1v) is 22.9. The predicted octanol–water partition coefficient (Wildman–Crippen LogP) is 11.5. The van der Waals surface area contributed by atoms with E-state index >= 15 is 0 Å². The van der Waals surface area contributed by atoms with Gasteiger partial charge in [0.2, 0.25) is 0 Å². The average molecular weight is 830 g/mol. The summed E-state index contributed by atoms with van der Waals surface area (Å²) in [6.45, 7) is 12.8. The van der Waals surface area contributed by atoms with Gasteiger partial charge in [-0.25, -0.2) is 0 Å². The number of nitrogens with zero attached hydrogens (tertiary/aromatic N) is 4. The number of halogens is 2. The number of hydrogen-bond acceptors (Lipinski definition) is 7. The quantitative estimate of drug-likeness (QED) is 0.151. The SMILES string of the molecule is Cc1c(Sc2ccccc2)c2cc(Cl)cc3c2n1C(CN1CCCC1)CO3.Cc1c(Sc2ccccc2)c2cc(Cl)cc3c2n1C(CN1CCSCC1)CO3. The van der Waals surface area contributed by atoms with E-state index in [9.17, 15) is 0 Å². The van der Waals surface area contributed by atoms with Gasteiger partial charge in [0, 0.05) is 102 Å². The summed E-state index contributed by atoms with van der Waals surface area (Å²) in [5, 5.41) is 3.88. The summed E-state index contributed by atoms with van der Waals surface area (Å²) in [6, 6.07) is 29.9. The van der Waals surface area contributed by atoms with Crippen LogP contribution in [0.25, 0.3) is 21.8 Å². The van der Waals surface area contributed by atoms with Crippen LogP contribution in [-0.2, 0) is 0 Å². The van der Waals surface area contributed by atoms with Crippen molar-refractivity contribution in [1.29, 1.82) is 0 Å². The number of ether oxygens (including phenoxy) is 2. The zero-order chi connectivity index (χ0) is 37.5. The maximum atomic E-state index is 6.45. The van der Waals surface area contributed by atoms with Crippen LogP contribution in [0.15, 0.2) is 105 Å². The fourth-order valence-corrected chi connectivity index (χ4v) is 12.1. The second kappa shape index (κ2) is 16.5. The van der Waals surface area contributed by atoms with Crippen LogP contribution in [0.3, 0.4) is 0 Å². The lowest BCUT2D eigenvalue weighted by Gasteiger charge is -2.34. The molecule has 4 aliphatic heterocycles. The molecule has 286 valence electrons. The number of aromatic nitrogens is 2. The monoisotopic (exact) mass is 828 g/mol. The Hall–Kier alpha value is -2.89. The standard InChI is InChI=1S/C22H23ClN2OS2.C22H23ClN2OS/c1-15-22(28-18-5-3-2-4-6-18)19-11-16(23)12-20-21(19)25(15)17(14-26-20)13-24-7-9-27-10-8-24;1-15-22(27-18-7-3-2-4-8-18)19-11-16(23)12-20-21(19)25(15)17(14-26-20)13-24-9-5-6-10-24/h2-6,11-12,17H,7-10,13-14H2,1H3;2-4,7-8,11-12,17H,5-6,9-10,13-14H2,1H3. The van der Waals surface area contributed by atoms with Crippen molar-refractivity contribution in [3.05, 3.63) is 106 Å². The summed E-state index contributed by atoms with van der Waals surface area (Å²) in [5.74, 6) is 4.29. The lowest BCUT2D eigenvalue weighted by atomic mass is 10.2. The first-order chi connectivity index (χ1) is 26.9. The largest absolute Gasteiger partial charge is 0.489 e. The molecule has 11 heteroatoms. The summed E-state index contributed by atoms with van der Waals surface area (Å²) < 4.78 is 17.4. The van der Waals surface area contributed by atoms with E-state index in [1.165, 1.54) is 103 Å². The van der Waals surface area contributed by atoms with Gasteiger partial charge in [-0.1, -0.05) is 83.1 Å². The van der Waals surface area contributed by atoms with E-state index in [2.05, 4.69) is 117 Å². The Kier molecular flexibility index (Phi) is 11.3. The van der Waals surface area contributed by atoms with Crippen LogP contribution in [0.2, 0.25) is 10.0 Å². The maximum Gasteiger partial charge on any atom is 0.145 e. The minimum atomic E-state index is 0.337. The summed E-state index contributed by atoms with van der Waals surface area (Å²) in [7, 11) is 0. The summed E-state index contributed by atoms with van der Waals surface area (Å²) in [4.78, 5) is 10.2. The number of rotatable bonds is 8. The minimum Gasteiger partial charge on any atom is -0.489 e. The van der Waals surface area contributed by atoms with Gasteiger partial charge in [0.15, 0.2) is 0 Å². The summed E-state index contributed by atoms with van der Waals surface area (Å²) in [5.41, 5.74) is 5.02. The predicted molar refractivity (Wildman–Crippen MR) is 233 cm³/mol. The van der Waals surface area contributed by atoms with Gasteiger partial charge in [0.1, 0.15) is 24.7 Å². The van der Waals surface area contributed by atoms with Gasteiger partial charge >= 0.3 is 0 Å². The van der Waals surface area contributed by atoms with Crippen LogP contribution in [0.1, 0.15) is 36.3 Å². The highest BCUT2D eigenvalue weighted by Gasteiger charge is 2.32. The van der Waals surface area contributed by atoms with Crippen LogP contribution in [0.4, 0.5) is 0 Å². The fraction of sp³-hybridized carbons (Fsp3) is 0.364. The summed E-state index contributed by atoms with van der Waals surface area (Å²) >= 11 is 18.6. The third kappa shape index (κ3) is 7.75. The lowest BCUT2D eigenvalue weighted by Crippen LogP contribution is -2.40. The molecular formula is C44H46Cl2N4O2S3. The topological polar surface area (TPSA) is 34.8 Å². The number of likely N-dealkylation sites (tertiary alicyclic amines) is 1. The third-order valence-electron chi connectivity index (χ3n) is 11.2. The molecular weight excluding hydrogens is 784 g/mol. The normalized spacial score (nSPS) is 19.6. The molecule has 2 aromatic heterocycles. The van der Waals surface area contributed by atoms with E-state index in [4.69, 9.17) is 32.7 Å². The third-order valence-corrected chi connectivity index (χ3v) is 15.0. The Bertz CT molecular complexity index is 2300.